The fourth-order valence-corrected chi connectivity index (χ4v) is 3.91. The molecule has 1 aliphatic carbocycles. The Balaban J connectivity index is 1.67. The van der Waals surface area contributed by atoms with Crippen LogP contribution in [0.15, 0.2) is 66.5 Å². The van der Waals surface area contributed by atoms with E-state index >= 15 is 0 Å². The molecule has 3 atom stereocenters. The number of ether oxygens (including phenoxy) is 2. The molecule has 2 aliphatic rings. The van der Waals surface area contributed by atoms with Gasteiger partial charge >= 0.3 is 0 Å². The number of primary amides is 1. The summed E-state index contributed by atoms with van der Waals surface area (Å²) in [6.45, 7) is 3.95. The van der Waals surface area contributed by atoms with Crippen molar-refractivity contribution in [1.82, 2.24) is 4.98 Å². The van der Waals surface area contributed by atoms with Gasteiger partial charge in [0.05, 0.1) is 5.56 Å². The lowest BCUT2D eigenvalue weighted by molar-refractivity contribution is -0.114. The molecule has 0 spiro atoms. The van der Waals surface area contributed by atoms with Crippen LogP contribution < -0.4 is 15.2 Å². The Kier molecular flexibility index (Phi) is 5.16. The molecule has 6 heteroatoms. The molecule has 1 amide bonds. The van der Waals surface area contributed by atoms with Crippen molar-refractivity contribution in [3.05, 3.63) is 77.7 Å². The Morgan fingerprint density at radius 1 is 1.30 bits per heavy atom. The van der Waals surface area contributed by atoms with Crippen LogP contribution in [0.1, 0.15) is 48.7 Å². The average Bonchev–Trinajstić information content (AvgIpc) is 2.72. The van der Waals surface area contributed by atoms with Gasteiger partial charge in [0, 0.05) is 35.9 Å². The summed E-state index contributed by atoms with van der Waals surface area (Å²) >= 11 is 0. The predicted molar refractivity (Wildman–Crippen MR) is 112 cm³/mol. The molecule has 0 radical (unpaired) electrons. The molecule has 0 saturated carbocycles. The Labute approximate surface area is 175 Å². The molecular formula is C24H24N2O4. The lowest BCUT2D eigenvalue weighted by Crippen LogP contribution is -2.30. The molecule has 4 rings (SSSR count). The monoisotopic (exact) mass is 404 g/mol. The summed E-state index contributed by atoms with van der Waals surface area (Å²) in [7, 11) is 0. The van der Waals surface area contributed by atoms with Gasteiger partial charge in [-0.1, -0.05) is 25.2 Å². The fraction of sp³-hybridized carbons (Fsp3) is 0.292. The van der Waals surface area contributed by atoms with Gasteiger partial charge in [0.25, 0.3) is 0 Å². The third-order valence-electron chi connectivity index (χ3n) is 5.61. The summed E-state index contributed by atoms with van der Waals surface area (Å²) in [5.74, 6) is 0.786. The number of ketones is 1. The van der Waals surface area contributed by atoms with Gasteiger partial charge in [-0.3, -0.25) is 14.6 Å². The predicted octanol–water partition coefficient (Wildman–Crippen LogP) is 3.93. The number of nitrogens with zero attached hydrogens (tertiary/aromatic N) is 1. The van der Waals surface area contributed by atoms with Crippen LogP contribution in [0.4, 0.5) is 0 Å². The molecule has 0 fully saturated rings. The Morgan fingerprint density at radius 2 is 2.07 bits per heavy atom. The third kappa shape index (κ3) is 3.85. The molecule has 1 aliphatic heterocycles. The van der Waals surface area contributed by atoms with Crippen LogP contribution in [0.2, 0.25) is 0 Å². The van der Waals surface area contributed by atoms with Gasteiger partial charge in [0.15, 0.2) is 5.78 Å². The van der Waals surface area contributed by atoms with E-state index in [4.69, 9.17) is 15.2 Å². The van der Waals surface area contributed by atoms with Gasteiger partial charge in [-0.15, -0.1) is 0 Å². The quantitative estimate of drug-likeness (QED) is 0.815. The average molecular weight is 404 g/mol. The zero-order valence-corrected chi connectivity index (χ0v) is 17.0. The van der Waals surface area contributed by atoms with Crippen LogP contribution in [0, 0.1) is 5.41 Å². The Hall–Kier alpha value is -3.41. The van der Waals surface area contributed by atoms with Crippen molar-refractivity contribution in [2.45, 2.75) is 38.9 Å². The second-order valence-electron chi connectivity index (χ2n) is 8.06. The number of hydrogen-bond acceptors (Lipinski definition) is 5. The summed E-state index contributed by atoms with van der Waals surface area (Å²) < 4.78 is 12.3. The van der Waals surface area contributed by atoms with Crippen molar-refractivity contribution in [3.63, 3.8) is 0 Å². The lowest BCUT2D eigenvalue weighted by Gasteiger charge is -2.37. The molecular weight excluding hydrogens is 380 g/mol. The molecule has 2 N–H and O–H groups in total. The maximum atomic E-state index is 12.3. The Morgan fingerprint density at radius 3 is 2.73 bits per heavy atom. The standard InChI is InChI=1S/C24H24N2O4/c1-15-13-20(27)19-4-3-18(14-21(19)29-15)30-22(16-7-11-26-12-8-16)24(2)9-5-17(6-10-24)23(25)28/h3-9,11-12,14-15,22H,10,13H2,1-2H3,(H2,25,28)/t15-,22+,24?/m0/s1. The van der Waals surface area contributed by atoms with E-state index in [2.05, 4.69) is 11.9 Å². The summed E-state index contributed by atoms with van der Waals surface area (Å²) in [4.78, 5) is 27.9. The molecule has 2 heterocycles. The minimum Gasteiger partial charge on any atom is -0.489 e. The van der Waals surface area contributed by atoms with Crippen LogP contribution >= 0.6 is 0 Å². The summed E-state index contributed by atoms with van der Waals surface area (Å²) in [6, 6.07) is 9.16. The zero-order valence-electron chi connectivity index (χ0n) is 17.0. The highest BCUT2D eigenvalue weighted by Gasteiger charge is 2.36. The minimum atomic E-state index is -0.444. The van der Waals surface area contributed by atoms with Crippen molar-refractivity contribution in [3.8, 4) is 11.5 Å². The van der Waals surface area contributed by atoms with E-state index in [1.165, 1.54) is 0 Å². The number of fused-ring (bicyclic) bond motifs is 1. The molecule has 6 nitrogen and oxygen atoms in total. The molecule has 154 valence electrons. The maximum absolute atomic E-state index is 12.3. The van der Waals surface area contributed by atoms with Gasteiger partial charge in [0.2, 0.25) is 5.91 Å². The summed E-state index contributed by atoms with van der Waals surface area (Å²) in [5.41, 5.74) is 7.03. The van der Waals surface area contributed by atoms with Crippen LogP contribution in [0.5, 0.6) is 11.5 Å². The van der Waals surface area contributed by atoms with Crippen LogP contribution in [-0.4, -0.2) is 22.8 Å². The van der Waals surface area contributed by atoms with Crippen molar-refractivity contribution in [2.24, 2.45) is 11.1 Å². The van der Waals surface area contributed by atoms with E-state index in [9.17, 15) is 9.59 Å². The SMILES string of the molecule is C[C@H]1CC(=O)c2ccc(O[C@H](c3ccncc3)C3(C)C=CC(C(N)=O)=CC3)cc2O1. The molecule has 1 unspecified atom stereocenters. The van der Waals surface area contributed by atoms with Crippen LogP contribution in [0.3, 0.4) is 0 Å². The van der Waals surface area contributed by atoms with E-state index in [0.29, 0.717) is 35.5 Å². The Bertz CT molecular complexity index is 1040. The topological polar surface area (TPSA) is 91.5 Å². The number of carbonyl (C=O) groups is 2. The first-order chi connectivity index (χ1) is 14.4. The highest BCUT2D eigenvalue weighted by molar-refractivity contribution is 6.00. The molecule has 1 aromatic carbocycles. The van der Waals surface area contributed by atoms with E-state index in [-0.39, 0.29) is 18.0 Å². The van der Waals surface area contributed by atoms with Crippen molar-refractivity contribution >= 4 is 11.7 Å². The van der Waals surface area contributed by atoms with Crippen molar-refractivity contribution in [2.75, 3.05) is 0 Å². The first-order valence-corrected chi connectivity index (χ1v) is 9.95. The van der Waals surface area contributed by atoms with Gasteiger partial charge in [-0.25, -0.2) is 0 Å². The number of allylic oxidation sites excluding steroid dienone is 1. The zero-order chi connectivity index (χ0) is 21.3. The third-order valence-corrected chi connectivity index (χ3v) is 5.61. The number of nitrogens with two attached hydrogens (primary N) is 1. The highest BCUT2D eigenvalue weighted by atomic mass is 16.5. The number of rotatable bonds is 5. The van der Waals surface area contributed by atoms with Gasteiger partial charge in [-0.05, 0) is 43.2 Å². The molecule has 30 heavy (non-hydrogen) atoms. The second-order valence-corrected chi connectivity index (χ2v) is 8.06. The van der Waals surface area contributed by atoms with Crippen molar-refractivity contribution in [1.29, 1.82) is 0 Å². The first kappa shape index (κ1) is 19.9. The number of amides is 1. The maximum Gasteiger partial charge on any atom is 0.248 e. The van der Waals surface area contributed by atoms with Gasteiger partial charge in [-0.2, -0.15) is 0 Å². The molecule has 1 aromatic heterocycles. The van der Waals surface area contributed by atoms with E-state index in [1.54, 1.807) is 36.7 Å². The number of benzene rings is 1. The lowest BCUT2D eigenvalue weighted by atomic mass is 9.74. The van der Waals surface area contributed by atoms with Gasteiger partial charge in [0.1, 0.15) is 23.7 Å². The first-order valence-electron chi connectivity index (χ1n) is 9.95. The van der Waals surface area contributed by atoms with Crippen LogP contribution in [-0.2, 0) is 4.79 Å². The van der Waals surface area contributed by atoms with E-state index in [0.717, 1.165) is 5.56 Å². The van der Waals surface area contributed by atoms with Crippen molar-refractivity contribution < 1.29 is 19.1 Å². The number of aromatic nitrogens is 1. The number of Topliss-reactive ketones (excluding diaryl/α,β-unsaturated/α-hetero) is 1. The molecule has 0 saturated heterocycles. The molecule has 2 aromatic rings. The summed E-state index contributed by atoms with van der Waals surface area (Å²) in [5, 5.41) is 0. The van der Waals surface area contributed by atoms with Crippen LogP contribution in [0.25, 0.3) is 0 Å². The number of hydrogen-bond donors (Lipinski definition) is 1. The number of carbonyl (C=O) groups excluding carboxylic acids is 2. The molecule has 0 bridgehead atoms. The summed E-state index contributed by atoms with van der Waals surface area (Å²) in [6.07, 6.45) is 9.47. The van der Waals surface area contributed by atoms with E-state index in [1.807, 2.05) is 31.2 Å². The van der Waals surface area contributed by atoms with Gasteiger partial charge < -0.3 is 15.2 Å². The normalized spacial score (nSPS) is 23.7. The fourth-order valence-electron chi connectivity index (χ4n) is 3.91. The number of pyridine rings is 1. The largest absolute Gasteiger partial charge is 0.489 e. The highest BCUT2D eigenvalue weighted by Crippen LogP contribution is 2.44. The van der Waals surface area contributed by atoms with E-state index < -0.39 is 11.3 Å². The minimum absolute atomic E-state index is 0.0762. The second kappa shape index (κ2) is 7.78. The smallest absolute Gasteiger partial charge is 0.248 e.